The fraction of sp³-hybridized carbons (Fsp3) is 0.429. The smallest absolute Gasteiger partial charge is 0.401 e. The Balaban J connectivity index is 2.28. The van der Waals surface area contributed by atoms with Gasteiger partial charge in [-0.2, -0.15) is 13.2 Å². The summed E-state index contributed by atoms with van der Waals surface area (Å²) in [7, 11) is 0. The van der Waals surface area contributed by atoms with Crippen molar-refractivity contribution in [2.75, 3.05) is 6.54 Å². The molecule has 0 bridgehead atoms. The number of furan rings is 1. The van der Waals surface area contributed by atoms with Crippen molar-refractivity contribution < 1.29 is 17.6 Å². The lowest BCUT2D eigenvalue weighted by Crippen LogP contribution is -2.28. The van der Waals surface area contributed by atoms with E-state index < -0.39 is 12.7 Å². The second kappa shape index (κ2) is 4.32. The van der Waals surface area contributed by atoms with Gasteiger partial charge in [0.25, 0.3) is 0 Å². The summed E-state index contributed by atoms with van der Waals surface area (Å²) in [5, 5.41) is 2.23. The third kappa shape index (κ3) is 4.51. The highest BCUT2D eigenvalue weighted by Gasteiger charge is 2.26. The largest absolute Gasteiger partial charge is 0.454 e. The quantitative estimate of drug-likeness (QED) is 0.868. The van der Waals surface area contributed by atoms with Gasteiger partial charge in [0.2, 0.25) is 0 Å². The van der Waals surface area contributed by atoms with E-state index in [0.29, 0.717) is 9.53 Å². The molecule has 13 heavy (non-hydrogen) atoms. The summed E-state index contributed by atoms with van der Waals surface area (Å²) in [6, 6.07) is 3.34. The molecule has 0 aliphatic carbocycles. The van der Waals surface area contributed by atoms with Crippen LogP contribution in [0, 0.1) is 3.77 Å². The van der Waals surface area contributed by atoms with Gasteiger partial charge in [-0.05, 0) is 34.7 Å². The zero-order valence-corrected chi connectivity index (χ0v) is 8.65. The summed E-state index contributed by atoms with van der Waals surface area (Å²) < 4.78 is 40.7. The summed E-state index contributed by atoms with van der Waals surface area (Å²) >= 11 is 1.95. The summed E-state index contributed by atoms with van der Waals surface area (Å²) in [6.45, 7) is -0.896. The lowest BCUT2D eigenvalue weighted by molar-refractivity contribution is -0.125. The van der Waals surface area contributed by atoms with Gasteiger partial charge in [-0.1, -0.05) is 0 Å². The molecule has 74 valence electrons. The SMILES string of the molecule is FC(F)(F)CNCc1ccc(I)o1. The van der Waals surface area contributed by atoms with Crippen LogP contribution in [0.3, 0.4) is 0 Å². The summed E-state index contributed by atoms with van der Waals surface area (Å²) in [4.78, 5) is 0. The van der Waals surface area contributed by atoms with Gasteiger partial charge in [0.05, 0.1) is 13.1 Å². The Hall–Kier alpha value is -0.240. The molecule has 0 amide bonds. The molecule has 0 fully saturated rings. The van der Waals surface area contributed by atoms with Crippen LogP contribution in [-0.2, 0) is 6.54 Å². The van der Waals surface area contributed by atoms with E-state index >= 15 is 0 Å². The molecule has 2 nitrogen and oxygen atoms in total. The van der Waals surface area contributed by atoms with Gasteiger partial charge in [0.1, 0.15) is 5.76 Å². The second-order valence-corrected chi connectivity index (χ2v) is 3.49. The highest BCUT2D eigenvalue weighted by molar-refractivity contribution is 14.1. The maximum absolute atomic E-state index is 11.7. The average molecular weight is 305 g/mol. The predicted molar refractivity (Wildman–Crippen MR) is 49.2 cm³/mol. The molecule has 1 aromatic rings. The van der Waals surface area contributed by atoms with E-state index in [-0.39, 0.29) is 6.54 Å². The van der Waals surface area contributed by atoms with E-state index in [2.05, 4.69) is 5.32 Å². The average Bonchev–Trinajstić information content (AvgIpc) is 2.33. The number of rotatable bonds is 3. The Morgan fingerprint density at radius 1 is 1.38 bits per heavy atom. The van der Waals surface area contributed by atoms with E-state index in [4.69, 9.17) is 4.42 Å². The van der Waals surface area contributed by atoms with Crippen LogP contribution >= 0.6 is 22.6 Å². The minimum absolute atomic E-state index is 0.0997. The molecule has 1 N–H and O–H groups in total. The highest BCUT2D eigenvalue weighted by Crippen LogP contribution is 2.13. The number of hydrogen-bond acceptors (Lipinski definition) is 2. The molecule has 1 heterocycles. The van der Waals surface area contributed by atoms with Crippen molar-refractivity contribution in [3.63, 3.8) is 0 Å². The summed E-state index contributed by atoms with van der Waals surface area (Å²) in [6.07, 6.45) is -4.17. The van der Waals surface area contributed by atoms with Crippen LogP contribution in [0.2, 0.25) is 0 Å². The third-order valence-electron chi connectivity index (χ3n) is 1.25. The van der Waals surface area contributed by atoms with E-state index in [1.54, 1.807) is 12.1 Å². The molecule has 0 aliphatic rings. The first-order chi connectivity index (χ1) is 5.97. The maximum atomic E-state index is 11.7. The molecule has 0 spiro atoms. The van der Waals surface area contributed by atoms with Crippen LogP contribution in [-0.4, -0.2) is 12.7 Å². The van der Waals surface area contributed by atoms with Crippen molar-refractivity contribution in [2.45, 2.75) is 12.7 Å². The third-order valence-corrected chi connectivity index (χ3v) is 1.83. The van der Waals surface area contributed by atoms with E-state index in [1.165, 1.54) is 0 Å². The van der Waals surface area contributed by atoms with Crippen molar-refractivity contribution in [3.8, 4) is 0 Å². The van der Waals surface area contributed by atoms with Gasteiger partial charge in [0, 0.05) is 0 Å². The van der Waals surface area contributed by atoms with Crippen LogP contribution in [0.1, 0.15) is 5.76 Å². The summed E-state index contributed by atoms with van der Waals surface area (Å²) in [5.74, 6) is 0.508. The molecule has 0 radical (unpaired) electrons. The first-order valence-electron chi connectivity index (χ1n) is 3.49. The molecule has 0 unspecified atom stereocenters. The molecule has 0 aromatic carbocycles. The van der Waals surface area contributed by atoms with Gasteiger partial charge in [-0.25, -0.2) is 0 Å². The molecule has 0 aliphatic heterocycles. The van der Waals surface area contributed by atoms with Crippen molar-refractivity contribution >= 4 is 22.6 Å². The minimum Gasteiger partial charge on any atom is -0.454 e. The molecule has 1 aromatic heterocycles. The van der Waals surface area contributed by atoms with Crippen molar-refractivity contribution in [3.05, 3.63) is 21.7 Å². The van der Waals surface area contributed by atoms with E-state index in [9.17, 15) is 13.2 Å². The second-order valence-electron chi connectivity index (χ2n) is 2.42. The van der Waals surface area contributed by atoms with Crippen LogP contribution in [0.25, 0.3) is 0 Å². The normalized spacial score (nSPS) is 12.0. The standard InChI is InChI=1S/C7H7F3INO/c8-7(9,10)4-12-3-5-1-2-6(11)13-5/h1-2,12H,3-4H2. The first-order valence-corrected chi connectivity index (χ1v) is 4.57. The maximum Gasteiger partial charge on any atom is 0.401 e. The van der Waals surface area contributed by atoms with Gasteiger partial charge < -0.3 is 9.73 Å². The summed E-state index contributed by atoms with van der Waals surface area (Å²) in [5.41, 5.74) is 0. The topological polar surface area (TPSA) is 25.2 Å². The zero-order chi connectivity index (χ0) is 9.90. The fourth-order valence-corrected chi connectivity index (χ4v) is 1.24. The fourth-order valence-electron chi connectivity index (χ4n) is 0.774. The van der Waals surface area contributed by atoms with Crippen LogP contribution in [0.4, 0.5) is 13.2 Å². The Morgan fingerprint density at radius 3 is 2.54 bits per heavy atom. The lowest BCUT2D eigenvalue weighted by Gasteiger charge is -2.05. The number of alkyl halides is 3. The molecule has 0 atom stereocenters. The van der Waals surface area contributed by atoms with Crippen LogP contribution < -0.4 is 5.32 Å². The van der Waals surface area contributed by atoms with Crippen molar-refractivity contribution in [1.29, 1.82) is 0 Å². The molecular formula is C7H7F3INO. The number of halogens is 4. The van der Waals surface area contributed by atoms with E-state index in [0.717, 1.165) is 0 Å². The Bertz CT molecular complexity index is 271. The van der Waals surface area contributed by atoms with Gasteiger partial charge >= 0.3 is 6.18 Å². The van der Waals surface area contributed by atoms with Crippen LogP contribution in [0.5, 0.6) is 0 Å². The molecule has 6 heteroatoms. The van der Waals surface area contributed by atoms with Crippen molar-refractivity contribution in [2.24, 2.45) is 0 Å². The van der Waals surface area contributed by atoms with Gasteiger partial charge in [-0.3, -0.25) is 0 Å². The minimum atomic E-state index is -4.17. The lowest BCUT2D eigenvalue weighted by atomic mass is 10.4. The van der Waals surface area contributed by atoms with Gasteiger partial charge in [-0.15, -0.1) is 0 Å². The first kappa shape index (κ1) is 10.8. The molecular weight excluding hydrogens is 298 g/mol. The van der Waals surface area contributed by atoms with Crippen LogP contribution in [0.15, 0.2) is 16.5 Å². The predicted octanol–water partition coefficient (Wildman–Crippen LogP) is 2.54. The molecule has 1 rings (SSSR count). The van der Waals surface area contributed by atoms with E-state index in [1.807, 2.05) is 22.6 Å². The highest BCUT2D eigenvalue weighted by atomic mass is 127. The Kier molecular flexibility index (Phi) is 3.60. The number of nitrogens with one attached hydrogen (secondary N) is 1. The Morgan fingerprint density at radius 2 is 2.08 bits per heavy atom. The Labute approximate surface area is 86.6 Å². The zero-order valence-electron chi connectivity index (χ0n) is 6.49. The van der Waals surface area contributed by atoms with Gasteiger partial charge in [0.15, 0.2) is 3.77 Å². The van der Waals surface area contributed by atoms with Crippen molar-refractivity contribution in [1.82, 2.24) is 5.32 Å². The molecule has 0 saturated carbocycles. The number of hydrogen-bond donors (Lipinski definition) is 1. The molecule has 0 saturated heterocycles. The monoisotopic (exact) mass is 305 g/mol.